The highest BCUT2D eigenvalue weighted by Crippen LogP contribution is 2.41. The molecule has 0 fully saturated rings. The van der Waals surface area contributed by atoms with Crippen LogP contribution in [0.25, 0.3) is 89.4 Å². The molecule has 0 bridgehead atoms. The molecule has 0 atom stereocenters. The molecule has 0 aliphatic heterocycles. The van der Waals surface area contributed by atoms with Gasteiger partial charge in [0.25, 0.3) is 0 Å². The molecule has 6 nitrogen and oxygen atoms in total. The Morgan fingerprint density at radius 3 is 1.79 bits per heavy atom. The second kappa shape index (κ2) is 11.1. The maximum atomic E-state index is 6.58. The minimum atomic E-state index is 0.588. The zero-order valence-electron chi connectivity index (χ0n) is 25.1. The van der Waals surface area contributed by atoms with Crippen LogP contribution < -0.4 is 0 Å². The van der Waals surface area contributed by atoms with Gasteiger partial charge in [0.05, 0.1) is 11.1 Å². The average molecular weight is 604 g/mol. The number of nitrogens with zero attached hydrogens (tertiary/aromatic N) is 5. The van der Waals surface area contributed by atoms with Gasteiger partial charge in [-0.2, -0.15) is 0 Å². The molecule has 4 heterocycles. The van der Waals surface area contributed by atoms with Gasteiger partial charge in [-0.3, -0.25) is 9.97 Å². The van der Waals surface area contributed by atoms with Gasteiger partial charge in [-0.25, -0.2) is 15.0 Å². The molecule has 4 aromatic heterocycles. The molecule has 0 unspecified atom stereocenters. The fourth-order valence-electron chi connectivity index (χ4n) is 6.10. The van der Waals surface area contributed by atoms with Crippen LogP contribution >= 0.6 is 0 Å². The monoisotopic (exact) mass is 603 g/mol. The van der Waals surface area contributed by atoms with E-state index in [-0.39, 0.29) is 0 Å². The Kier molecular flexibility index (Phi) is 6.35. The molecule has 0 N–H and O–H groups in total. The Bertz CT molecular complexity index is 2520. The first-order valence-electron chi connectivity index (χ1n) is 15.4. The van der Waals surface area contributed by atoms with E-state index in [0.717, 1.165) is 71.9 Å². The Morgan fingerprint density at radius 2 is 1.04 bits per heavy atom. The van der Waals surface area contributed by atoms with Crippen LogP contribution in [0.2, 0.25) is 0 Å². The number of fused-ring (bicyclic) bond motifs is 4. The summed E-state index contributed by atoms with van der Waals surface area (Å²) in [4.78, 5) is 24.6. The minimum absolute atomic E-state index is 0.588. The number of hydrogen-bond donors (Lipinski definition) is 0. The predicted octanol–water partition coefficient (Wildman–Crippen LogP) is 10.0. The van der Waals surface area contributed by atoms with Crippen molar-refractivity contribution in [3.8, 4) is 56.7 Å². The van der Waals surface area contributed by atoms with Crippen LogP contribution in [0.5, 0.6) is 0 Å². The topological polar surface area (TPSA) is 77.6 Å². The van der Waals surface area contributed by atoms with Crippen LogP contribution in [0.3, 0.4) is 0 Å². The summed E-state index contributed by atoms with van der Waals surface area (Å²) in [5.41, 5.74) is 7.68. The second-order valence-corrected chi connectivity index (χ2v) is 11.4. The second-order valence-electron chi connectivity index (χ2n) is 11.4. The lowest BCUT2D eigenvalue weighted by Gasteiger charge is -2.10. The first-order valence-corrected chi connectivity index (χ1v) is 15.4. The van der Waals surface area contributed by atoms with Crippen LogP contribution in [-0.4, -0.2) is 24.9 Å². The number of rotatable bonds is 5. The minimum Gasteiger partial charge on any atom is -0.455 e. The molecule has 220 valence electrons. The number of aromatic nitrogens is 5. The van der Waals surface area contributed by atoms with Crippen molar-refractivity contribution >= 4 is 32.7 Å². The van der Waals surface area contributed by atoms with Crippen LogP contribution in [0.1, 0.15) is 0 Å². The van der Waals surface area contributed by atoms with Gasteiger partial charge in [0.2, 0.25) is 0 Å². The van der Waals surface area contributed by atoms with Crippen molar-refractivity contribution in [2.45, 2.75) is 0 Å². The molecular weight excluding hydrogens is 578 g/mol. The SMILES string of the molecule is c1ccc(-c2nc(-c3ccccc3)nc(-c3cccc(-c4cnc(-c5cc6ccccc6cn5)c5c4oc4ccccc45)c3)n2)cc1. The predicted molar refractivity (Wildman–Crippen MR) is 187 cm³/mol. The van der Waals surface area contributed by atoms with E-state index in [0.29, 0.717) is 17.5 Å². The summed E-state index contributed by atoms with van der Waals surface area (Å²) >= 11 is 0. The van der Waals surface area contributed by atoms with E-state index in [1.54, 1.807) is 0 Å². The van der Waals surface area contributed by atoms with Gasteiger partial charge in [-0.15, -0.1) is 0 Å². The zero-order valence-corrected chi connectivity index (χ0v) is 25.1. The molecular formula is C41H25N5O. The van der Waals surface area contributed by atoms with Gasteiger partial charge in [0, 0.05) is 45.4 Å². The summed E-state index contributed by atoms with van der Waals surface area (Å²) in [6.07, 6.45) is 3.79. The highest BCUT2D eigenvalue weighted by Gasteiger charge is 2.20. The largest absolute Gasteiger partial charge is 0.455 e. The standard InChI is InChI=1S/C41H25N5O/c1-3-12-26(13-4-1)39-44-40(27-14-5-2-6-15-27)46-41(45-39)30-19-11-18-29(22-30)33-25-43-37(34-23-28-16-7-8-17-31(28)24-42-34)36-32-20-9-10-21-35(32)47-38(33)36/h1-25H. The highest BCUT2D eigenvalue weighted by atomic mass is 16.3. The third kappa shape index (κ3) is 4.80. The Labute approximate surface area is 270 Å². The van der Waals surface area contributed by atoms with E-state index in [1.807, 2.05) is 116 Å². The summed E-state index contributed by atoms with van der Waals surface area (Å²) in [7, 11) is 0. The van der Waals surface area contributed by atoms with Gasteiger partial charge >= 0.3 is 0 Å². The van der Waals surface area contributed by atoms with E-state index in [1.165, 1.54) is 0 Å². The lowest BCUT2D eigenvalue weighted by Crippen LogP contribution is -2.00. The molecule has 9 rings (SSSR count). The van der Waals surface area contributed by atoms with Crippen molar-refractivity contribution in [2.75, 3.05) is 0 Å². The molecule has 6 heteroatoms. The van der Waals surface area contributed by atoms with Crippen LogP contribution in [0.15, 0.2) is 156 Å². The van der Waals surface area contributed by atoms with E-state index in [2.05, 4.69) is 36.4 Å². The van der Waals surface area contributed by atoms with Crippen LogP contribution in [-0.2, 0) is 0 Å². The van der Waals surface area contributed by atoms with Crippen LogP contribution in [0.4, 0.5) is 0 Å². The van der Waals surface area contributed by atoms with Gasteiger partial charge in [-0.05, 0) is 29.1 Å². The number of pyridine rings is 2. The number of para-hydroxylation sites is 1. The Balaban J connectivity index is 1.22. The van der Waals surface area contributed by atoms with Gasteiger partial charge < -0.3 is 4.42 Å². The maximum absolute atomic E-state index is 6.58. The first-order chi connectivity index (χ1) is 23.3. The molecule has 0 spiro atoms. The van der Waals surface area contributed by atoms with E-state index in [4.69, 9.17) is 29.3 Å². The Hall–Kier alpha value is -6.53. The lowest BCUT2D eigenvalue weighted by molar-refractivity contribution is 0.669. The number of furan rings is 1. The molecule has 5 aromatic carbocycles. The highest BCUT2D eigenvalue weighted by molar-refractivity contribution is 6.15. The summed E-state index contributed by atoms with van der Waals surface area (Å²) < 4.78 is 6.58. The molecule has 0 radical (unpaired) electrons. The first kappa shape index (κ1) is 26.8. The van der Waals surface area contributed by atoms with Gasteiger partial charge in [-0.1, -0.05) is 121 Å². The molecule has 0 aliphatic carbocycles. The van der Waals surface area contributed by atoms with Crippen molar-refractivity contribution in [3.63, 3.8) is 0 Å². The third-order valence-electron chi connectivity index (χ3n) is 8.40. The smallest absolute Gasteiger partial charge is 0.164 e. The molecule has 0 saturated heterocycles. The van der Waals surface area contributed by atoms with Crippen molar-refractivity contribution < 1.29 is 4.42 Å². The van der Waals surface area contributed by atoms with Crippen LogP contribution in [0, 0.1) is 0 Å². The van der Waals surface area contributed by atoms with Crippen molar-refractivity contribution in [2.24, 2.45) is 0 Å². The average Bonchev–Trinajstić information content (AvgIpc) is 3.55. The number of hydrogen-bond acceptors (Lipinski definition) is 6. The lowest BCUT2D eigenvalue weighted by atomic mass is 9.99. The summed E-state index contributed by atoms with van der Waals surface area (Å²) in [6, 6.07) is 46.6. The summed E-state index contributed by atoms with van der Waals surface area (Å²) in [6.45, 7) is 0. The van der Waals surface area contributed by atoms with Crippen molar-refractivity contribution in [1.82, 2.24) is 24.9 Å². The van der Waals surface area contributed by atoms with Crippen molar-refractivity contribution in [1.29, 1.82) is 0 Å². The third-order valence-corrected chi connectivity index (χ3v) is 8.40. The quantitative estimate of drug-likeness (QED) is 0.195. The fraction of sp³-hybridized carbons (Fsp3) is 0. The zero-order chi connectivity index (χ0) is 31.2. The normalized spacial score (nSPS) is 11.4. The molecule has 47 heavy (non-hydrogen) atoms. The Morgan fingerprint density at radius 1 is 0.447 bits per heavy atom. The molecule has 9 aromatic rings. The van der Waals surface area contributed by atoms with E-state index < -0.39 is 0 Å². The molecule has 0 amide bonds. The maximum Gasteiger partial charge on any atom is 0.164 e. The summed E-state index contributed by atoms with van der Waals surface area (Å²) in [5.74, 6) is 1.83. The summed E-state index contributed by atoms with van der Waals surface area (Å²) in [5, 5.41) is 4.13. The van der Waals surface area contributed by atoms with Gasteiger partial charge in [0.15, 0.2) is 17.5 Å². The molecule has 0 aliphatic rings. The molecule has 0 saturated carbocycles. The fourth-order valence-corrected chi connectivity index (χ4v) is 6.10. The number of benzene rings is 5. The van der Waals surface area contributed by atoms with Crippen molar-refractivity contribution in [3.05, 3.63) is 152 Å². The van der Waals surface area contributed by atoms with E-state index >= 15 is 0 Å². The van der Waals surface area contributed by atoms with E-state index in [9.17, 15) is 0 Å². The van der Waals surface area contributed by atoms with Gasteiger partial charge in [0.1, 0.15) is 16.9 Å².